The van der Waals surface area contributed by atoms with E-state index in [0.717, 1.165) is 16.7 Å². The summed E-state index contributed by atoms with van der Waals surface area (Å²) in [7, 11) is 3.19. The van der Waals surface area contributed by atoms with Gasteiger partial charge in [-0.2, -0.15) is 0 Å². The highest BCUT2D eigenvalue weighted by atomic mass is 32.1. The molecule has 0 radical (unpaired) electrons. The number of aryl methyl sites for hydroxylation is 1. The van der Waals surface area contributed by atoms with Crippen LogP contribution in [-0.4, -0.2) is 28.8 Å². The Morgan fingerprint density at radius 2 is 1.81 bits per heavy atom. The average Bonchev–Trinajstić information content (AvgIpc) is 3.23. The Morgan fingerprint density at radius 3 is 2.52 bits per heavy atom. The second-order valence-corrected chi connectivity index (χ2v) is 7.04. The molecule has 6 nitrogen and oxygen atoms in total. The first-order valence-corrected chi connectivity index (χ1v) is 9.11. The molecule has 27 heavy (non-hydrogen) atoms. The van der Waals surface area contributed by atoms with E-state index in [2.05, 4.69) is 10.2 Å². The molecular formula is C20H17N3O3S. The molecule has 0 saturated heterocycles. The summed E-state index contributed by atoms with van der Waals surface area (Å²) in [5, 5.41) is 8.36. The van der Waals surface area contributed by atoms with Crippen molar-refractivity contribution in [3.05, 3.63) is 68.5 Å². The number of hydrogen-bond acceptors (Lipinski definition) is 6. The van der Waals surface area contributed by atoms with Crippen molar-refractivity contribution in [2.75, 3.05) is 14.2 Å². The fourth-order valence-corrected chi connectivity index (χ4v) is 3.73. The summed E-state index contributed by atoms with van der Waals surface area (Å²) in [4.78, 5) is 13.5. The van der Waals surface area contributed by atoms with Crippen LogP contribution in [-0.2, 0) is 0 Å². The molecule has 136 valence electrons. The minimum atomic E-state index is -0.145. The summed E-state index contributed by atoms with van der Waals surface area (Å²) in [6, 6.07) is 13.3. The Hall–Kier alpha value is -3.19. The topological polar surface area (TPSA) is 65.7 Å². The van der Waals surface area contributed by atoms with E-state index in [1.807, 2.05) is 43.3 Å². The summed E-state index contributed by atoms with van der Waals surface area (Å²) < 4.78 is 12.8. The summed E-state index contributed by atoms with van der Waals surface area (Å²) in [6.07, 6.45) is 1.80. The maximum absolute atomic E-state index is 13.0. The van der Waals surface area contributed by atoms with Gasteiger partial charge in [-0.1, -0.05) is 41.2 Å². The van der Waals surface area contributed by atoms with Crippen LogP contribution in [0.4, 0.5) is 0 Å². The van der Waals surface area contributed by atoms with Crippen LogP contribution in [0.3, 0.4) is 0 Å². The minimum absolute atomic E-state index is 0.145. The number of nitrogens with zero attached hydrogens (tertiary/aromatic N) is 3. The maximum atomic E-state index is 13.0. The first kappa shape index (κ1) is 17.2. The van der Waals surface area contributed by atoms with Crippen LogP contribution >= 0.6 is 11.3 Å². The number of aromatic nitrogens is 3. The quantitative estimate of drug-likeness (QED) is 0.545. The fraction of sp³-hybridized carbons (Fsp3) is 0.150. The largest absolute Gasteiger partial charge is 0.497 e. The van der Waals surface area contributed by atoms with Crippen LogP contribution in [0.15, 0.2) is 47.3 Å². The molecule has 0 aliphatic heterocycles. The second-order valence-electron chi connectivity index (χ2n) is 6.03. The van der Waals surface area contributed by atoms with Crippen molar-refractivity contribution in [2.24, 2.45) is 0 Å². The molecule has 0 N–H and O–H groups in total. The third-order valence-corrected chi connectivity index (χ3v) is 5.24. The van der Waals surface area contributed by atoms with Crippen LogP contribution < -0.4 is 19.6 Å². The predicted octanol–water partition coefficient (Wildman–Crippen LogP) is 2.69. The lowest BCUT2D eigenvalue weighted by Crippen LogP contribution is -2.23. The van der Waals surface area contributed by atoms with Gasteiger partial charge in [-0.15, -0.1) is 10.2 Å². The molecule has 2 aromatic carbocycles. The molecule has 0 unspecified atom stereocenters. The van der Waals surface area contributed by atoms with Crippen molar-refractivity contribution in [1.82, 2.24) is 14.6 Å². The highest BCUT2D eigenvalue weighted by Gasteiger charge is 2.14. The van der Waals surface area contributed by atoms with Crippen molar-refractivity contribution in [1.29, 1.82) is 0 Å². The van der Waals surface area contributed by atoms with Crippen molar-refractivity contribution < 1.29 is 9.47 Å². The van der Waals surface area contributed by atoms with Gasteiger partial charge in [-0.3, -0.25) is 4.79 Å². The van der Waals surface area contributed by atoms with Crippen molar-refractivity contribution in [2.45, 2.75) is 6.92 Å². The third kappa shape index (κ3) is 3.06. The molecule has 7 heteroatoms. The Labute approximate surface area is 159 Å². The van der Waals surface area contributed by atoms with E-state index in [0.29, 0.717) is 26.8 Å². The zero-order valence-electron chi connectivity index (χ0n) is 15.1. The number of benzene rings is 2. The van der Waals surface area contributed by atoms with Gasteiger partial charge >= 0.3 is 0 Å². The number of ether oxygens (including phenoxy) is 2. The van der Waals surface area contributed by atoms with Gasteiger partial charge in [0.05, 0.1) is 18.8 Å². The molecule has 0 aliphatic carbocycles. The zero-order chi connectivity index (χ0) is 19.0. The zero-order valence-corrected chi connectivity index (χ0v) is 15.9. The molecule has 2 aromatic heterocycles. The molecule has 2 heterocycles. The van der Waals surface area contributed by atoms with Crippen LogP contribution in [0.25, 0.3) is 22.4 Å². The van der Waals surface area contributed by atoms with Gasteiger partial charge in [0.15, 0.2) is 5.82 Å². The smallest absolute Gasteiger partial charge is 0.276 e. The number of fused-ring (bicyclic) bond motifs is 1. The standard InChI is InChI=1S/C20H17N3O3S/c1-12-4-6-13(7-5-12)18-21-22-20-23(18)19(24)17(27-20)10-14-8-9-15(25-2)11-16(14)26-3/h4-11H,1-3H3. The monoisotopic (exact) mass is 379 g/mol. The number of hydrogen-bond donors (Lipinski definition) is 0. The average molecular weight is 379 g/mol. The van der Waals surface area contributed by atoms with E-state index in [4.69, 9.17) is 9.47 Å². The van der Waals surface area contributed by atoms with Gasteiger partial charge in [0.1, 0.15) is 11.5 Å². The highest BCUT2D eigenvalue weighted by molar-refractivity contribution is 7.15. The molecule has 0 spiro atoms. The second kappa shape index (κ2) is 6.85. The number of thiazole rings is 1. The molecular weight excluding hydrogens is 362 g/mol. The molecule has 4 rings (SSSR count). The van der Waals surface area contributed by atoms with E-state index < -0.39 is 0 Å². The van der Waals surface area contributed by atoms with Crippen LogP contribution in [0, 0.1) is 6.92 Å². The summed E-state index contributed by atoms with van der Waals surface area (Å²) in [6.45, 7) is 2.02. The van der Waals surface area contributed by atoms with Crippen molar-refractivity contribution in [3.8, 4) is 22.9 Å². The fourth-order valence-electron chi connectivity index (χ4n) is 2.83. The SMILES string of the molecule is COc1ccc(C=c2sc3nnc(-c4ccc(C)cc4)n3c2=O)c(OC)c1. The minimum Gasteiger partial charge on any atom is -0.497 e. The van der Waals surface area contributed by atoms with Gasteiger partial charge in [0.25, 0.3) is 5.56 Å². The molecule has 0 fully saturated rings. The van der Waals surface area contributed by atoms with Gasteiger partial charge in [-0.25, -0.2) is 4.40 Å². The Kier molecular flexibility index (Phi) is 4.37. The predicted molar refractivity (Wildman–Crippen MR) is 106 cm³/mol. The lowest BCUT2D eigenvalue weighted by atomic mass is 10.1. The van der Waals surface area contributed by atoms with E-state index in [9.17, 15) is 4.79 Å². The Bertz CT molecular complexity index is 1230. The molecule has 4 aromatic rings. The summed E-state index contributed by atoms with van der Waals surface area (Å²) in [5.41, 5.74) is 2.66. The lowest BCUT2D eigenvalue weighted by Gasteiger charge is -2.06. The van der Waals surface area contributed by atoms with E-state index >= 15 is 0 Å². The van der Waals surface area contributed by atoms with Crippen molar-refractivity contribution >= 4 is 22.4 Å². The molecule has 0 amide bonds. The third-order valence-electron chi connectivity index (χ3n) is 4.29. The molecule has 0 bridgehead atoms. The maximum Gasteiger partial charge on any atom is 0.276 e. The van der Waals surface area contributed by atoms with Crippen LogP contribution in [0.1, 0.15) is 11.1 Å². The van der Waals surface area contributed by atoms with Gasteiger partial charge in [-0.05, 0) is 25.1 Å². The normalized spacial score (nSPS) is 11.9. The number of methoxy groups -OCH3 is 2. The van der Waals surface area contributed by atoms with Crippen LogP contribution in [0.2, 0.25) is 0 Å². The first-order valence-electron chi connectivity index (χ1n) is 8.29. The van der Waals surface area contributed by atoms with Gasteiger partial charge in [0.2, 0.25) is 4.96 Å². The Balaban J connectivity index is 1.87. The summed E-state index contributed by atoms with van der Waals surface area (Å²) >= 11 is 1.30. The Morgan fingerprint density at radius 1 is 1.04 bits per heavy atom. The first-order chi connectivity index (χ1) is 13.1. The summed E-state index contributed by atoms with van der Waals surface area (Å²) in [5.74, 6) is 1.88. The van der Waals surface area contributed by atoms with Crippen LogP contribution in [0.5, 0.6) is 11.5 Å². The van der Waals surface area contributed by atoms with Crippen molar-refractivity contribution in [3.63, 3.8) is 0 Å². The number of rotatable bonds is 4. The molecule has 0 aliphatic rings. The van der Waals surface area contributed by atoms with E-state index in [1.165, 1.54) is 11.3 Å². The highest BCUT2D eigenvalue weighted by Crippen LogP contribution is 2.25. The van der Waals surface area contributed by atoms with Gasteiger partial charge < -0.3 is 9.47 Å². The molecule has 0 saturated carbocycles. The van der Waals surface area contributed by atoms with E-state index in [-0.39, 0.29) is 5.56 Å². The lowest BCUT2D eigenvalue weighted by molar-refractivity contribution is 0.393. The van der Waals surface area contributed by atoms with E-state index in [1.54, 1.807) is 30.8 Å². The molecule has 0 atom stereocenters. The van der Waals surface area contributed by atoms with Gasteiger partial charge in [0, 0.05) is 17.2 Å².